The van der Waals surface area contributed by atoms with E-state index in [4.69, 9.17) is 0 Å². The van der Waals surface area contributed by atoms with Crippen molar-refractivity contribution in [3.63, 3.8) is 0 Å². The maximum absolute atomic E-state index is 12.7. The van der Waals surface area contributed by atoms with E-state index in [0.717, 1.165) is 49.5 Å². The number of nitrogens with one attached hydrogen (secondary N) is 1. The van der Waals surface area contributed by atoms with E-state index in [2.05, 4.69) is 10.8 Å². The van der Waals surface area contributed by atoms with Gasteiger partial charge in [-0.05, 0) is 55.6 Å². The van der Waals surface area contributed by atoms with Crippen LogP contribution in [0.5, 0.6) is 0 Å². The van der Waals surface area contributed by atoms with Crippen LogP contribution in [-0.4, -0.2) is 42.7 Å². The first-order valence-electron chi connectivity index (χ1n) is 12.4. The summed E-state index contributed by atoms with van der Waals surface area (Å²) in [6.07, 6.45) is 12.8. The number of nitrogens with zero attached hydrogens (tertiary/aromatic N) is 1. The van der Waals surface area contributed by atoms with Crippen LogP contribution in [-0.2, 0) is 37.4 Å². The zero-order valence-electron chi connectivity index (χ0n) is 19.5. The summed E-state index contributed by atoms with van der Waals surface area (Å²) in [5.41, 5.74) is 2.28. The lowest BCUT2D eigenvalue weighted by Gasteiger charge is -2.34. The average Bonchev–Trinajstić information content (AvgIpc) is 3.73. The Morgan fingerprint density at radius 2 is 1.79 bits per heavy atom. The van der Waals surface area contributed by atoms with Gasteiger partial charge in [-0.2, -0.15) is 0 Å². The van der Waals surface area contributed by atoms with Gasteiger partial charge in [-0.3, -0.25) is 14.3 Å². The molecule has 3 aliphatic rings. The van der Waals surface area contributed by atoms with Crippen molar-refractivity contribution >= 4 is 28.1 Å². The fourth-order valence-corrected chi connectivity index (χ4v) is 6.01. The summed E-state index contributed by atoms with van der Waals surface area (Å²) in [6.45, 7) is 0.510. The van der Waals surface area contributed by atoms with Gasteiger partial charge in [-0.25, -0.2) is 8.42 Å². The molecule has 2 saturated carbocycles. The van der Waals surface area contributed by atoms with Crippen molar-refractivity contribution in [3.05, 3.63) is 47.5 Å². The van der Waals surface area contributed by atoms with Gasteiger partial charge in [0.15, 0.2) is 0 Å². The van der Waals surface area contributed by atoms with Crippen molar-refractivity contribution in [2.75, 3.05) is 0 Å². The number of allylic oxidation sites excluding steroid dienone is 2. The lowest BCUT2D eigenvalue weighted by Crippen LogP contribution is -2.45. The van der Waals surface area contributed by atoms with Crippen LogP contribution < -0.4 is 4.72 Å². The van der Waals surface area contributed by atoms with Gasteiger partial charge in [-0.1, -0.05) is 49.3 Å². The molecular weight excluding hydrogens is 452 g/mol. The molecule has 1 unspecified atom stereocenters. The number of aldehydes is 1. The number of unbranched alkanes of at least 4 members (excludes halogenated alkanes) is 4. The molecule has 2 aliphatic carbocycles. The Bertz CT molecular complexity index is 1050. The Morgan fingerprint density at radius 1 is 1.06 bits per heavy atom. The molecule has 8 heteroatoms. The summed E-state index contributed by atoms with van der Waals surface area (Å²) in [7, 11) is -3.45. The van der Waals surface area contributed by atoms with Crippen molar-refractivity contribution in [2.24, 2.45) is 11.8 Å². The van der Waals surface area contributed by atoms with Gasteiger partial charge < -0.3 is 9.69 Å². The molecule has 1 aromatic carbocycles. The molecule has 34 heavy (non-hydrogen) atoms. The van der Waals surface area contributed by atoms with Crippen LogP contribution in [0.4, 0.5) is 0 Å². The molecule has 0 bridgehead atoms. The zero-order chi connectivity index (χ0) is 24.1. The third-order valence-electron chi connectivity index (χ3n) is 7.04. The summed E-state index contributed by atoms with van der Waals surface area (Å²) >= 11 is 0. The van der Waals surface area contributed by atoms with Gasteiger partial charge in [0.1, 0.15) is 6.29 Å². The van der Waals surface area contributed by atoms with E-state index in [1.54, 1.807) is 4.90 Å². The van der Waals surface area contributed by atoms with Crippen molar-refractivity contribution in [1.82, 2.24) is 9.62 Å². The minimum Gasteiger partial charge on any atom is -0.328 e. The quantitative estimate of drug-likeness (QED) is 0.278. The van der Waals surface area contributed by atoms with Crippen LogP contribution in [0.25, 0.3) is 0 Å². The van der Waals surface area contributed by atoms with Crippen molar-refractivity contribution in [3.8, 4) is 0 Å². The molecule has 1 N–H and O–H groups in total. The summed E-state index contributed by atoms with van der Waals surface area (Å²) in [4.78, 5) is 38.0. The standard InChI is InChI=1S/C26H34N2O5S/c29-18-22-15-19-9-7-8-11-21(19)17-28(22)25(30)12-6-4-2-1-3-5-10-20-16-24(20)26(31)27-34(32,33)23-13-14-23/h5,7-11,18,20,22-24H,1-4,6,12-17H2,(H,27,31)/b10-5-/t20-,22?,24+/m1/s1. The van der Waals surface area contributed by atoms with E-state index in [1.165, 1.54) is 0 Å². The van der Waals surface area contributed by atoms with E-state index in [-0.39, 0.29) is 34.9 Å². The number of carbonyl (C=O) groups excluding carboxylic acids is 3. The second-order valence-corrected chi connectivity index (χ2v) is 11.8. The average molecular weight is 487 g/mol. The maximum atomic E-state index is 12.7. The number of carbonyl (C=O) groups is 3. The highest BCUT2D eigenvalue weighted by Crippen LogP contribution is 2.40. The topological polar surface area (TPSA) is 101 Å². The van der Waals surface area contributed by atoms with Crippen LogP contribution in [0.2, 0.25) is 0 Å². The van der Waals surface area contributed by atoms with E-state index in [1.807, 2.05) is 30.3 Å². The first kappa shape index (κ1) is 24.6. The highest BCUT2D eigenvalue weighted by molar-refractivity contribution is 7.90. The Labute approximate surface area is 202 Å². The summed E-state index contributed by atoms with van der Waals surface area (Å²) in [6, 6.07) is 7.62. The molecule has 4 rings (SSSR count). The number of sulfonamides is 1. The first-order chi connectivity index (χ1) is 16.4. The molecule has 0 radical (unpaired) electrons. The molecule has 184 valence electrons. The predicted octanol–water partition coefficient (Wildman–Crippen LogP) is 3.28. The number of amides is 2. The summed E-state index contributed by atoms with van der Waals surface area (Å²) < 4.78 is 25.9. The number of fused-ring (bicyclic) bond motifs is 1. The van der Waals surface area contributed by atoms with Crippen LogP contribution in [0.1, 0.15) is 68.9 Å². The second-order valence-electron chi connectivity index (χ2n) is 9.80. The minimum absolute atomic E-state index is 0.0493. The lowest BCUT2D eigenvalue weighted by molar-refractivity contribution is -0.137. The van der Waals surface area contributed by atoms with Crippen LogP contribution in [0, 0.1) is 11.8 Å². The highest BCUT2D eigenvalue weighted by atomic mass is 32.2. The van der Waals surface area contributed by atoms with Crippen LogP contribution >= 0.6 is 0 Å². The monoisotopic (exact) mass is 486 g/mol. The number of benzene rings is 1. The molecule has 0 saturated heterocycles. The Morgan fingerprint density at radius 3 is 2.53 bits per heavy atom. The molecule has 1 heterocycles. The van der Waals surface area contributed by atoms with Gasteiger partial charge in [0.25, 0.3) is 0 Å². The van der Waals surface area contributed by atoms with Gasteiger partial charge >= 0.3 is 0 Å². The SMILES string of the molecule is O=CC1Cc2ccccc2CN1C(=O)CCCCCC/C=C\[C@@H]1C[C@@H]1C(=O)NS(=O)(=O)C1CC1. The molecule has 0 aromatic heterocycles. The van der Waals surface area contributed by atoms with Gasteiger partial charge in [0.05, 0.1) is 11.3 Å². The molecule has 3 atom stereocenters. The Hall–Kier alpha value is -2.48. The van der Waals surface area contributed by atoms with Gasteiger partial charge in [0.2, 0.25) is 21.8 Å². The predicted molar refractivity (Wildman–Crippen MR) is 129 cm³/mol. The summed E-state index contributed by atoms with van der Waals surface area (Å²) in [5, 5.41) is -0.373. The molecule has 0 spiro atoms. The van der Waals surface area contributed by atoms with Gasteiger partial charge in [-0.15, -0.1) is 0 Å². The van der Waals surface area contributed by atoms with E-state index >= 15 is 0 Å². The number of hydrogen-bond donors (Lipinski definition) is 1. The molecular formula is C26H34N2O5S. The van der Waals surface area contributed by atoms with Crippen LogP contribution in [0.15, 0.2) is 36.4 Å². The third-order valence-corrected chi connectivity index (χ3v) is 8.88. The molecule has 2 fully saturated rings. The van der Waals surface area contributed by atoms with E-state index in [9.17, 15) is 22.8 Å². The van der Waals surface area contributed by atoms with E-state index < -0.39 is 10.0 Å². The van der Waals surface area contributed by atoms with Crippen molar-refractivity contribution < 1.29 is 22.8 Å². The van der Waals surface area contributed by atoms with Crippen molar-refractivity contribution in [1.29, 1.82) is 0 Å². The number of rotatable bonds is 12. The first-order valence-corrected chi connectivity index (χ1v) is 14.0. The Balaban J connectivity index is 1.08. The fraction of sp³-hybridized carbons (Fsp3) is 0.577. The number of hydrogen-bond acceptors (Lipinski definition) is 5. The van der Waals surface area contributed by atoms with Crippen LogP contribution in [0.3, 0.4) is 0 Å². The highest BCUT2D eigenvalue weighted by Gasteiger charge is 2.44. The largest absolute Gasteiger partial charge is 0.328 e. The second kappa shape index (κ2) is 10.8. The molecule has 1 aliphatic heterocycles. The molecule has 2 amide bonds. The van der Waals surface area contributed by atoms with Gasteiger partial charge in [0, 0.05) is 25.3 Å². The van der Waals surface area contributed by atoms with E-state index in [0.29, 0.717) is 38.6 Å². The van der Waals surface area contributed by atoms with Crippen molar-refractivity contribution in [2.45, 2.75) is 82.0 Å². The Kier molecular flexibility index (Phi) is 7.86. The molecule has 1 aromatic rings. The fourth-order valence-electron chi connectivity index (χ4n) is 4.65. The zero-order valence-corrected chi connectivity index (χ0v) is 20.3. The summed E-state index contributed by atoms with van der Waals surface area (Å²) in [5.74, 6) is -0.381. The third kappa shape index (κ3) is 6.34. The molecule has 7 nitrogen and oxygen atoms in total. The maximum Gasteiger partial charge on any atom is 0.237 e. The normalized spacial score (nSPS) is 24.0. The lowest BCUT2D eigenvalue weighted by atomic mass is 9.94. The smallest absolute Gasteiger partial charge is 0.237 e. The minimum atomic E-state index is -3.45.